The molecular weight excluding hydrogens is 306 g/mol. The van der Waals surface area contributed by atoms with E-state index in [1.54, 1.807) is 18.4 Å². The van der Waals surface area contributed by atoms with Gasteiger partial charge in [-0.25, -0.2) is 9.97 Å². The number of ether oxygens (including phenoxy) is 1. The summed E-state index contributed by atoms with van der Waals surface area (Å²) in [4.78, 5) is 9.54. The number of hydrogen-bond donors (Lipinski definition) is 1. The fourth-order valence-electron chi connectivity index (χ4n) is 2.07. The summed E-state index contributed by atoms with van der Waals surface area (Å²) in [5.41, 5.74) is 2.07. The van der Waals surface area contributed by atoms with E-state index in [1.807, 2.05) is 13.0 Å². The fraction of sp³-hybridized carbons (Fsp3) is 0.467. The Morgan fingerprint density at radius 2 is 2.24 bits per heavy atom. The van der Waals surface area contributed by atoms with Gasteiger partial charge in [-0.2, -0.15) is 0 Å². The summed E-state index contributed by atoms with van der Waals surface area (Å²) in [6, 6.07) is 2.03. The first-order valence-corrected chi connectivity index (χ1v) is 8.23. The highest BCUT2D eigenvalue weighted by molar-refractivity contribution is 7.10. The first-order valence-electron chi connectivity index (χ1n) is 6.97. The Balaban J connectivity index is 2.21. The third-order valence-electron chi connectivity index (χ3n) is 3.20. The SMILES string of the molecule is CCCNC(Cc1cc(OC)ncn1)c1scc(C)c1Cl. The van der Waals surface area contributed by atoms with E-state index in [-0.39, 0.29) is 6.04 Å². The predicted octanol–water partition coefficient (Wildman–Crippen LogP) is 3.79. The van der Waals surface area contributed by atoms with Gasteiger partial charge in [-0.05, 0) is 30.8 Å². The van der Waals surface area contributed by atoms with Crippen LogP contribution in [-0.2, 0) is 6.42 Å². The largest absolute Gasteiger partial charge is 0.481 e. The summed E-state index contributed by atoms with van der Waals surface area (Å²) >= 11 is 8.12. The molecule has 114 valence electrons. The molecule has 0 saturated heterocycles. The second-order valence-electron chi connectivity index (χ2n) is 4.86. The number of halogens is 1. The van der Waals surface area contributed by atoms with Crippen molar-refractivity contribution in [1.29, 1.82) is 0 Å². The van der Waals surface area contributed by atoms with Crippen LogP contribution in [0.5, 0.6) is 5.88 Å². The van der Waals surface area contributed by atoms with Crippen LogP contribution < -0.4 is 10.1 Å². The van der Waals surface area contributed by atoms with Crippen LogP contribution in [0.2, 0.25) is 5.02 Å². The molecule has 1 unspecified atom stereocenters. The highest BCUT2D eigenvalue weighted by atomic mass is 35.5. The van der Waals surface area contributed by atoms with E-state index < -0.39 is 0 Å². The van der Waals surface area contributed by atoms with Crippen LogP contribution in [0.1, 0.15) is 35.5 Å². The van der Waals surface area contributed by atoms with Gasteiger partial charge >= 0.3 is 0 Å². The number of rotatable bonds is 7. The molecule has 4 nitrogen and oxygen atoms in total. The van der Waals surface area contributed by atoms with Crippen LogP contribution in [0.15, 0.2) is 17.8 Å². The average Bonchev–Trinajstić information content (AvgIpc) is 2.83. The van der Waals surface area contributed by atoms with Gasteiger partial charge in [0.25, 0.3) is 0 Å². The van der Waals surface area contributed by atoms with E-state index in [2.05, 4.69) is 27.6 Å². The van der Waals surface area contributed by atoms with Gasteiger partial charge < -0.3 is 10.1 Å². The molecule has 0 aliphatic rings. The molecule has 2 heterocycles. The molecule has 2 aromatic heterocycles. The van der Waals surface area contributed by atoms with Gasteiger partial charge in [0.15, 0.2) is 0 Å². The van der Waals surface area contributed by atoms with Gasteiger partial charge in [0.1, 0.15) is 6.33 Å². The zero-order valence-electron chi connectivity index (χ0n) is 12.5. The van der Waals surface area contributed by atoms with Gasteiger partial charge in [0.2, 0.25) is 5.88 Å². The Bertz CT molecular complexity index is 588. The quantitative estimate of drug-likeness (QED) is 0.841. The Labute approximate surface area is 134 Å². The molecule has 0 amide bonds. The molecule has 0 bridgehead atoms. The van der Waals surface area contributed by atoms with Gasteiger partial charge in [-0.1, -0.05) is 18.5 Å². The van der Waals surface area contributed by atoms with Crippen molar-refractivity contribution >= 4 is 22.9 Å². The maximum absolute atomic E-state index is 6.42. The summed E-state index contributed by atoms with van der Waals surface area (Å²) in [6.07, 6.45) is 3.37. The number of nitrogens with one attached hydrogen (secondary N) is 1. The molecule has 1 atom stereocenters. The minimum Gasteiger partial charge on any atom is -0.481 e. The number of hydrogen-bond acceptors (Lipinski definition) is 5. The van der Waals surface area contributed by atoms with Crippen molar-refractivity contribution in [2.24, 2.45) is 0 Å². The van der Waals surface area contributed by atoms with Crippen LogP contribution in [0.4, 0.5) is 0 Å². The lowest BCUT2D eigenvalue weighted by molar-refractivity contribution is 0.395. The second-order valence-corrected chi connectivity index (χ2v) is 6.15. The van der Waals surface area contributed by atoms with E-state index in [4.69, 9.17) is 16.3 Å². The van der Waals surface area contributed by atoms with Crippen molar-refractivity contribution in [3.63, 3.8) is 0 Å². The summed E-state index contributed by atoms with van der Waals surface area (Å²) in [5, 5.41) is 6.50. The smallest absolute Gasteiger partial charge is 0.216 e. The number of nitrogens with zero attached hydrogens (tertiary/aromatic N) is 2. The minimum absolute atomic E-state index is 0.163. The third-order valence-corrected chi connectivity index (χ3v) is 5.03. The fourth-order valence-corrected chi connectivity index (χ4v) is 3.47. The van der Waals surface area contributed by atoms with Crippen LogP contribution in [0.25, 0.3) is 0 Å². The molecule has 0 saturated carbocycles. The molecule has 0 spiro atoms. The minimum atomic E-state index is 0.163. The maximum Gasteiger partial charge on any atom is 0.216 e. The molecule has 21 heavy (non-hydrogen) atoms. The average molecular weight is 326 g/mol. The van der Waals surface area contributed by atoms with Crippen molar-refractivity contribution < 1.29 is 4.74 Å². The summed E-state index contributed by atoms with van der Waals surface area (Å²) < 4.78 is 5.16. The molecule has 0 aliphatic heterocycles. The molecule has 0 fully saturated rings. The zero-order valence-corrected chi connectivity index (χ0v) is 14.1. The molecule has 0 aliphatic carbocycles. The van der Waals surface area contributed by atoms with E-state index in [0.717, 1.165) is 35.7 Å². The van der Waals surface area contributed by atoms with Crippen LogP contribution in [-0.4, -0.2) is 23.6 Å². The summed E-state index contributed by atoms with van der Waals surface area (Å²) in [7, 11) is 1.61. The first kappa shape index (κ1) is 16.2. The predicted molar refractivity (Wildman–Crippen MR) is 87.4 cm³/mol. The molecule has 6 heteroatoms. The molecule has 1 N–H and O–H groups in total. The van der Waals surface area contributed by atoms with Crippen molar-refractivity contribution in [2.45, 2.75) is 32.7 Å². The molecule has 0 aromatic carbocycles. The lowest BCUT2D eigenvalue weighted by Crippen LogP contribution is -2.24. The highest BCUT2D eigenvalue weighted by Crippen LogP contribution is 2.34. The summed E-state index contributed by atoms with van der Waals surface area (Å²) in [5.74, 6) is 0.586. The van der Waals surface area contributed by atoms with Crippen molar-refractivity contribution in [3.05, 3.63) is 38.9 Å². The van der Waals surface area contributed by atoms with Gasteiger partial charge in [0.05, 0.1) is 12.1 Å². The maximum atomic E-state index is 6.42. The standard InChI is InChI=1S/C15H20ClN3OS/c1-4-5-17-12(15-14(16)10(2)8-21-15)6-11-7-13(20-3)19-9-18-11/h7-9,12,17H,4-6H2,1-3H3. The van der Waals surface area contributed by atoms with Gasteiger partial charge in [0, 0.05) is 29.1 Å². The van der Waals surface area contributed by atoms with Crippen LogP contribution in [0.3, 0.4) is 0 Å². The van der Waals surface area contributed by atoms with Crippen LogP contribution >= 0.6 is 22.9 Å². The monoisotopic (exact) mass is 325 g/mol. The molecule has 2 aromatic rings. The number of aryl methyl sites for hydroxylation is 1. The zero-order chi connectivity index (χ0) is 15.2. The number of thiophene rings is 1. The van der Waals surface area contributed by atoms with E-state index >= 15 is 0 Å². The van der Waals surface area contributed by atoms with E-state index in [9.17, 15) is 0 Å². The van der Waals surface area contributed by atoms with Crippen LogP contribution in [0, 0.1) is 6.92 Å². The second kappa shape index (κ2) is 7.73. The Morgan fingerprint density at radius 3 is 2.86 bits per heavy atom. The van der Waals surface area contributed by atoms with E-state index in [0.29, 0.717) is 5.88 Å². The lowest BCUT2D eigenvalue weighted by atomic mass is 10.1. The lowest BCUT2D eigenvalue weighted by Gasteiger charge is -2.17. The van der Waals surface area contributed by atoms with Gasteiger partial charge in [-0.3, -0.25) is 0 Å². The van der Waals surface area contributed by atoms with E-state index in [1.165, 1.54) is 11.2 Å². The molecule has 2 rings (SSSR count). The number of aromatic nitrogens is 2. The first-order chi connectivity index (χ1) is 10.2. The number of methoxy groups -OCH3 is 1. The van der Waals surface area contributed by atoms with Crippen molar-refractivity contribution in [3.8, 4) is 5.88 Å². The Morgan fingerprint density at radius 1 is 1.43 bits per heavy atom. The summed E-state index contributed by atoms with van der Waals surface area (Å²) in [6.45, 7) is 5.13. The Hall–Kier alpha value is -1.17. The molecule has 0 radical (unpaired) electrons. The van der Waals surface area contributed by atoms with Crippen molar-refractivity contribution in [1.82, 2.24) is 15.3 Å². The normalized spacial score (nSPS) is 12.4. The third kappa shape index (κ3) is 4.15. The van der Waals surface area contributed by atoms with Gasteiger partial charge in [-0.15, -0.1) is 11.3 Å². The van der Waals surface area contributed by atoms with Crippen molar-refractivity contribution in [2.75, 3.05) is 13.7 Å². The Kier molecular flexibility index (Phi) is 5.96. The topological polar surface area (TPSA) is 47.0 Å². The molecular formula is C15H20ClN3OS. The highest BCUT2D eigenvalue weighted by Gasteiger charge is 2.19.